The largest absolute Gasteiger partial charge is 0.441 e. The summed E-state index contributed by atoms with van der Waals surface area (Å²) in [5.41, 5.74) is 0.0949. The number of urea groups is 1. The van der Waals surface area contributed by atoms with E-state index in [1.807, 2.05) is 6.07 Å². The molecule has 2 saturated heterocycles. The minimum Gasteiger partial charge on any atom is -0.441 e. The van der Waals surface area contributed by atoms with Gasteiger partial charge in [0.1, 0.15) is 11.3 Å². The van der Waals surface area contributed by atoms with E-state index in [9.17, 15) is 14.4 Å². The SMILES string of the molecule is O=C1NC(=O)N(c2cccc(Cl)c2)C(=O)/C1=C/c1ccc(N2CCCC2)o1. The Morgan fingerprint density at radius 3 is 2.59 bits per heavy atom. The van der Waals surface area contributed by atoms with Crippen molar-refractivity contribution in [2.75, 3.05) is 22.9 Å². The monoisotopic (exact) mass is 385 g/mol. The fourth-order valence-corrected chi connectivity index (χ4v) is 3.36. The summed E-state index contributed by atoms with van der Waals surface area (Å²) in [6, 6.07) is 8.97. The molecule has 3 heterocycles. The van der Waals surface area contributed by atoms with Crippen LogP contribution in [0.5, 0.6) is 0 Å². The lowest BCUT2D eigenvalue weighted by Gasteiger charge is -2.26. The molecule has 138 valence electrons. The van der Waals surface area contributed by atoms with Gasteiger partial charge in [0.25, 0.3) is 11.8 Å². The first kappa shape index (κ1) is 17.4. The Morgan fingerprint density at radius 2 is 1.85 bits per heavy atom. The van der Waals surface area contributed by atoms with E-state index in [2.05, 4.69) is 10.2 Å². The van der Waals surface area contributed by atoms with Crippen molar-refractivity contribution in [1.82, 2.24) is 5.32 Å². The maximum atomic E-state index is 12.8. The van der Waals surface area contributed by atoms with E-state index in [1.54, 1.807) is 24.3 Å². The molecule has 2 aromatic rings. The summed E-state index contributed by atoms with van der Waals surface area (Å²) in [4.78, 5) is 40.2. The van der Waals surface area contributed by atoms with Crippen LogP contribution in [-0.2, 0) is 9.59 Å². The number of furan rings is 1. The van der Waals surface area contributed by atoms with Crippen molar-refractivity contribution in [3.8, 4) is 0 Å². The van der Waals surface area contributed by atoms with Gasteiger partial charge >= 0.3 is 6.03 Å². The van der Waals surface area contributed by atoms with Crippen molar-refractivity contribution < 1.29 is 18.8 Å². The number of halogens is 1. The average molecular weight is 386 g/mol. The Hall–Kier alpha value is -3.06. The third-order valence-electron chi connectivity index (χ3n) is 4.49. The second-order valence-corrected chi connectivity index (χ2v) is 6.74. The third kappa shape index (κ3) is 3.33. The maximum Gasteiger partial charge on any atom is 0.335 e. The van der Waals surface area contributed by atoms with Crippen molar-refractivity contribution in [1.29, 1.82) is 0 Å². The van der Waals surface area contributed by atoms with Crippen LogP contribution < -0.4 is 15.1 Å². The van der Waals surface area contributed by atoms with E-state index in [4.69, 9.17) is 16.0 Å². The minimum absolute atomic E-state index is 0.183. The molecular formula is C19H16ClN3O4. The Kier molecular flexibility index (Phi) is 4.45. The van der Waals surface area contributed by atoms with Gasteiger partial charge in [-0.1, -0.05) is 17.7 Å². The molecule has 7 nitrogen and oxygen atoms in total. The van der Waals surface area contributed by atoms with E-state index in [0.29, 0.717) is 16.7 Å². The lowest BCUT2D eigenvalue weighted by Crippen LogP contribution is -2.54. The second kappa shape index (κ2) is 6.92. The number of carbonyl (C=O) groups is 3. The first-order valence-corrected chi connectivity index (χ1v) is 8.92. The van der Waals surface area contributed by atoms with E-state index >= 15 is 0 Å². The van der Waals surface area contributed by atoms with Crippen molar-refractivity contribution in [3.05, 3.63) is 52.8 Å². The molecule has 0 aliphatic carbocycles. The number of carbonyl (C=O) groups excluding carboxylic acids is 3. The molecule has 0 bridgehead atoms. The molecule has 2 fully saturated rings. The summed E-state index contributed by atoms with van der Waals surface area (Å²) < 4.78 is 5.75. The van der Waals surface area contributed by atoms with E-state index in [0.717, 1.165) is 30.8 Å². The summed E-state index contributed by atoms with van der Waals surface area (Å²) in [7, 11) is 0. The highest BCUT2D eigenvalue weighted by Crippen LogP contribution is 2.27. The van der Waals surface area contributed by atoms with Crippen molar-refractivity contribution >= 4 is 47.1 Å². The number of hydrogen-bond acceptors (Lipinski definition) is 5. The number of hydrogen-bond donors (Lipinski definition) is 1. The molecule has 1 aromatic heterocycles. The zero-order valence-electron chi connectivity index (χ0n) is 14.3. The van der Waals surface area contributed by atoms with Crippen LogP contribution in [0, 0.1) is 0 Å². The number of barbiturate groups is 1. The van der Waals surface area contributed by atoms with E-state index in [-0.39, 0.29) is 11.3 Å². The molecule has 0 spiro atoms. The zero-order valence-corrected chi connectivity index (χ0v) is 15.0. The summed E-state index contributed by atoms with van der Waals surface area (Å²) in [6.45, 7) is 1.83. The average Bonchev–Trinajstić information content (AvgIpc) is 3.30. The fourth-order valence-electron chi connectivity index (χ4n) is 3.18. The van der Waals surface area contributed by atoms with Crippen LogP contribution in [0.2, 0.25) is 5.02 Å². The Morgan fingerprint density at radius 1 is 1.07 bits per heavy atom. The van der Waals surface area contributed by atoms with Crippen LogP contribution in [-0.4, -0.2) is 30.9 Å². The number of nitrogens with zero attached hydrogens (tertiary/aromatic N) is 2. The normalized spacial score (nSPS) is 19.1. The van der Waals surface area contributed by atoms with E-state index in [1.165, 1.54) is 12.1 Å². The molecule has 8 heteroatoms. The minimum atomic E-state index is -0.818. The van der Waals surface area contributed by atoms with Crippen molar-refractivity contribution in [2.24, 2.45) is 0 Å². The molecule has 1 aromatic carbocycles. The molecule has 27 heavy (non-hydrogen) atoms. The van der Waals surface area contributed by atoms with Gasteiger partial charge in [-0.2, -0.15) is 0 Å². The van der Waals surface area contributed by atoms with Gasteiger partial charge in [0.2, 0.25) is 0 Å². The first-order chi connectivity index (χ1) is 13.0. The zero-order chi connectivity index (χ0) is 19.0. The molecule has 1 N–H and O–H groups in total. The number of nitrogens with one attached hydrogen (secondary N) is 1. The molecule has 4 amide bonds. The molecule has 2 aliphatic rings. The standard InChI is InChI=1S/C19H16ClN3O4/c20-12-4-3-5-13(10-12)23-18(25)15(17(24)21-19(23)26)11-14-6-7-16(27-14)22-8-1-2-9-22/h3-7,10-11H,1-2,8-9H2,(H,21,24,26)/b15-11+. The van der Waals surface area contributed by atoms with Crippen molar-refractivity contribution in [3.63, 3.8) is 0 Å². The maximum absolute atomic E-state index is 12.8. The number of rotatable bonds is 3. The van der Waals surface area contributed by atoms with Crippen LogP contribution in [0.15, 0.2) is 46.4 Å². The molecule has 0 saturated carbocycles. The number of anilines is 2. The lowest BCUT2D eigenvalue weighted by atomic mass is 10.1. The molecule has 0 unspecified atom stereocenters. The molecule has 0 atom stereocenters. The number of imide groups is 2. The summed E-state index contributed by atoms with van der Waals surface area (Å²) in [5, 5.41) is 2.55. The predicted octanol–water partition coefficient (Wildman–Crippen LogP) is 3.20. The van der Waals surface area contributed by atoms with Crippen molar-refractivity contribution in [2.45, 2.75) is 12.8 Å². The van der Waals surface area contributed by atoms with Crippen LogP contribution in [0.3, 0.4) is 0 Å². The van der Waals surface area contributed by atoms with Crippen LogP contribution in [0.25, 0.3) is 6.08 Å². The first-order valence-electron chi connectivity index (χ1n) is 8.55. The van der Waals surface area contributed by atoms with Gasteiger partial charge in [0, 0.05) is 24.2 Å². The molecule has 2 aliphatic heterocycles. The van der Waals surface area contributed by atoms with Crippen LogP contribution in [0.1, 0.15) is 18.6 Å². The van der Waals surface area contributed by atoms with Gasteiger partial charge in [-0.25, -0.2) is 9.69 Å². The highest BCUT2D eigenvalue weighted by Gasteiger charge is 2.37. The van der Waals surface area contributed by atoms with Crippen LogP contribution >= 0.6 is 11.6 Å². The molecule has 4 rings (SSSR count). The smallest absolute Gasteiger partial charge is 0.335 e. The van der Waals surface area contributed by atoms with E-state index < -0.39 is 17.8 Å². The highest BCUT2D eigenvalue weighted by molar-refractivity contribution is 6.39. The Balaban J connectivity index is 1.65. The van der Waals surface area contributed by atoms with Gasteiger partial charge in [0.15, 0.2) is 5.88 Å². The third-order valence-corrected chi connectivity index (χ3v) is 4.72. The number of benzene rings is 1. The Bertz CT molecular complexity index is 959. The van der Waals surface area contributed by atoms with Crippen LogP contribution in [0.4, 0.5) is 16.4 Å². The predicted molar refractivity (Wildman–Crippen MR) is 101 cm³/mol. The fraction of sp³-hybridized carbons (Fsp3) is 0.211. The Labute approximate surface area is 160 Å². The quantitative estimate of drug-likeness (QED) is 0.648. The van der Waals surface area contributed by atoms with Gasteiger partial charge in [0.05, 0.1) is 5.69 Å². The van der Waals surface area contributed by atoms with Gasteiger partial charge < -0.3 is 9.32 Å². The van der Waals surface area contributed by atoms with Gasteiger partial charge in [-0.3, -0.25) is 14.9 Å². The van der Waals surface area contributed by atoms with Gasteiger partial charge in [-0.05, 0) is 43.2 Å². The molecule has 0 radical (unpaired) electrons. The number of amides is 4. The topological polar surface area (TPSA) is 82.9 Å². The molecular weight excluding hydrogens is 370 g/mol. The summed E-state index contributed by atoms with van der Waals surface area (Å²) in [5.74, 6) is -0.422. The summed E-state index contributed by atoms with van der Waals surface area (Å²) >= 11 is 5.95. The summed E-state index contributed by atoms with van der Waals surface area (Å²) in [6.07, 6.45) is 3.56. The lowest BCUT2D eigenvalue weighted by molar-refractivity contribution is -0.122. The second-order valence-electron chi connectivity index (χ2n) is 6.31. The highest BCUT2D eigenvalue weighted by atomic mass is 35.5. The van der Waals surface area contributed by atoms with Gasteiger partial charge in [-0.15, -0.1) is 0 Å².